The van der Waals surface area contributed by atoms with Gasteiger partial charge in [0.05, 0.1) is 10.5 Å². The fraction of sp³-hybridized carbons (Fsp3) is 0.111. The Morgan fingerprint density at radius 2 is 1.93 bits per heavy atom. The molecule has 0 aliphatic heterocycles. The zero-order valence-electron chi connectivity index (χ0n) is 7.22. The third kappa shape index (κ3) is 1.87. The van der Waals surface area contributed by atoms with Crippen molar-refractivity contribution in [3.63, 3.8) is 0 Å². The predicted molar refractivity (Wildman–Crippen MR) is 49.6 cm³/mol. The summed E-state index contributed by atoms with van der Waals surface area (Å²) in [6, 6.07) is 4.57. The van der Waals surface area contributed by atoms with Crippen LogP contribution in [-0.2, 0) is 6.18 Å². The summed E-state index contributed by atoms with van der Waals surface area (Å²) >= 11 is 5.76. The lowest BCUT2D eigenvalue weighted by atomic mass is 10.2. The highest BCUT2D eigenvalue weighted by molar-refractivity contribution is 6.35. The lowest BCUT2D eigenvalue weighted by Gasteiger charge is -2.05. The maximum Gasteiger partial charge on any atom is 0.451 e. The van der Waals surface area contributed by atoms with Gasteiger partial charge in [-0.25, -0.2) is 9.97 Å². The van der Waals surface area contributed by atoms with Crippen LogP contribution in [0.4, 0.5) is 13.2 Å². The fourth-order valence-electron chi connectivity index (χ4n) is 1.16. The second-order valence-corrected chi connectivity index (χ2v) is 3.27. The Labute approximate surface area is 87.7 Å². The van der Waals surface area contributed by atoms with E-state index in [1.165, 1.54) is 12.1 Å². The van der Waals surface area contributed by atoms with Gasteiger partial charge in [-0.3, -0.25) is 0 Å². The van der Waals surface area contributed by atoms with Gasteiger partial charge in [0.15, 0.2) is 0 Å². The summed E-state index contributed by atoms with van der Waals surface area (Å²) in [6.45, 7) is 0. The lowest BCUT2D eigenvalue weighted by molar-refractivity contribution is -0.144. The van der Waals surface area contributed by atoms with Crippen LogP contribution in [0.5, 0.6) is 0 Å². The average molecular weight is 233 g/mol. The SMILES string of the molecule is FC(F)(F)c1ncc2c(Cl)cccc2n1. The van der Waals surface area contributed by atoms with Gasteiger partial charge in [-0.05, 0) is 12.1 Å². The minimum absolute atomic E-state index is 0.185. The number of aromatic nitrogens is 2. The first-order chi connectivity index (χ1) is 6.98. The van der Waals surface area contributed by atoms with E-state index in [1.54, 1.807) is 6.07 Å². The van der Waals surface area contributed by atoms with E-state index >= 15 is 0 Å². The molecular weight excluding hydrogens is 229 g/mol. The molecule has 1 aromatic carbocycles. The maximum absolute atomic E-state index is 12.3. The molecule has 78 valence electrons. The Morgan fingerprint density at radius 3 is 2.60 bits per heavy atom. The third-order valence-electron chi connectivity index (χ3n) is 1.83. The maximum atomic E-state index is 12.3. The fourth-order valence-corrected chi connectivity index (χ4v) is 1.37. The summed E-state index contributed by atoms with van der Waals surface area (Å²) in [4.78, 5) is 6.61. The van der Waals surface area contributed by atoms with E-state index in [0.29, 0.717) is 10.4 Å². The van der Waals surface area contributed by atoms with Gasteiger partial charge >= 0.3 is 6.18 Å². The van der Waals surface area contributed by atoms with Gasteiger partial charge in [-0.2, -0.15) is 13.2 Å². The van der Waals surface area contributed by atoms with E-state index in [4.69, 9.17) is 11.6 Å². The van der Waals surface area contributed by atoms with Crippen LogP contribution in [0.25, 0.3) is 10.9 Å². The van der Waals surface area contributed by atoms with Crippen molar-refractivity contribution < 1.29 is 13.2 Å². The lowest BCUT2D eigenvalue weighted by Crippen LogP contribution is -2.10. The van der Waals surface area contributed by atoms with Gasteiger partial charge in [0.1, 0.15) is 0 Å². The van der Waals surface area contributed by atoms with Gasteiger partial charge in [0.2, 0.25) is 5.82 Å². The molecule has 6 heteroatoms. The van der Waals surface area contributed by atoms with E-state index in [9.17, 15) is 13.2 Å². The molecule has 0 saturated carbocycles. The van der Waals surface area contributed by atoms with Gasteiger partial charge < -0.3 is 0 Å². The van der Waals surface area contributed by atoms with Gasteiger partial charge in [0, 0.05) is 11.6 Å². The first-order valence-corrected chi connectivity index (χ1v) is 4.35. The smallest absolute Gasteiger partial charge is 0.232 e. The zero-order valence-corrected chi connectivity index (χ0v) is 7.97. The highest BCUT2D eigenvalue weighted by Gasteiger charge is 2.34. The van der Waals surface area contributed by atoms with Crippen molar-refractivity contribution in [2.75, 3.05) is 0 Å². The van der Waals surface area contributed by atoms with Crippen molar-refractivity contribution in [2.24, 2.45) is 0 Å². The summed E-state index contributed by atoms with van der Waals surface area (Å²) in [6.07, 6.45) is -3.45. The van der Waals surface area contributed by atoms with Gasteiger partial charge in [-0.15, -0.1) is 0 Å². The molecule has 0 bridgehead atoms. The molecule has 1 heterocycles. The summed E-state index contributed by atoms with van der Waals surface area (Å²) < 4.78 is 36.8. The highest BCUT2D eigenvalue weighted by Crippen LogP contribution is 2.28. The Morgan fingerprint density at radius 1 is 1.20 bits per heavy atom. The molecule has 2 rings (SSSR count). The molecule has 0 radical (unpaired) electrons. The molecule has 0 saturated heterocycles. The average Bonchev–Trinajstić information content (AvgIpc) is 2.16. The minimum Gasteiger partial charge on any atom is -0.232 e. The number of hydrogen-bond donors (Lipinski definition) is 0. The molecule has 0 unspecified atom stereocenters. The predicted octanol–water partition coefficient (Wildman–Crippen LogP) is 3.30. The van der Waals surface area contributed by atoms with E-state index in [1.807, 2.05) is 0 Å². The molecule has 0 fully saturated rings. The molecule has 0 N–H and O–H groups in total. The van der Waals surface area contributed by atoms with E-state index in [-0.39, 0.29) is 5.52 Å². The molecule has 2 aromatic rings. The quantitative estimate of drug-likeness (QED) is 0.696. The molecule has 1 aromatic heterocycles. The van der Waals surface area contributed by atoms with Crippen LogP contribution in [0.1, 0.15) is 5.82 Å². The van der Waals surface area contributed by atoms with E-state index in [2.05, 4.69) is 9.97 Å². The second kappa shape index (κ2) is 3.34. The molecule has 0 spiro atoms. The number of benzene rings is 1. The normalized spacial score (nSPS) is 12.0. The summed E-state index contributed by atoms with van der Waals surface area (Å²) in [7, 11) is 0. The van der Waals surface area contributed by atoms with Gasteiger partial charge in [0.25, 0.3) is 0 Å². The molecule has 0 aliphatic carbocycles. The zero-order chi connectivity index (χ0) is 11.1. The van der Waals surface area contributed by atoms with Crippen LogP contribution in [0.15, 0.2) is 24.4 Å². The second-order valence-electron chi connectivity index (χ2n) is 2.86. The number of nitrogens with zero attached hydrogens (tertiary/aromatic N) is 2. The first kappa shape index (κ1) is 10.2. The van der Waals surface area contributed by atoms with Crippen molar-refractivity contribution in [3.05, 3.63) is 35.2 Å². The summed E-state index contributed by atoms with van der Waals surface area (Å²) in [5.41, 5.74) is 0.185. The van der Waals surface area contributed by atoms with Crippen LogP contribution in [0.2, 0.25) is 5.02 Å². The summed E-state index contributed by atoms with van der Waals surface area (Å²) in [5, 5.41) is 0.744. The van der Waals surface area contributed by atoms with E-state index in [0.717, 1.165) is 6.20 Å². The standard InChI is InChI=1S/C9H4ClF3N2/c10-6-2-1-3-7-5(6)4-14-8(15-7)9(11,12)13/h1-4H. The number of fused-ring (bicyclic) bond motifs is 1. The Balaban J connectivity index is 2.68. The van der Waals surface area contributed by atoms with Crippen LogP contribution < -0.4 is 0 Å². The van der Waals surface area contributed by atoms with Crippen LogP contribution in [0.3, 0.4) is 0 Å². The summed E-state index contributed by atoms with van der Waals surface area (Å²) in [5.74, 6) is -1.16. The third-order valence-corrected chi connectivity index (χ3v) is 2.16. The van der Waals surface area contributed by atoms with Gasteiger partial charge in [-0.1, -0.05) is 17.7 Å². The Bertz CT molecular complexity index is 510. The minimum atomic E-state index is -4.53. The molecule has 0 amide bonds. The number of rotatable bonds is 0. The van der Waals surface area contributed by atoms with Crippen LogP contribution in [0, 0.1) is 0 Å². The first-order valence-electron chi connectivity index (χ1n) is 3.97. The van der Waals surface area contributed by atoms with Crippen LogP contribution in [-0.4, -0.2) is 9.97 Å². The van der Waals surface area contributed by atoms with Crippen molar-refractivity contribution in [2.45, 2.75) is 6.18 Å². The Kier molecular flexibility index (Phi) is 2.26. The highest BCUT2D eigenvalue weighted by atomic mass is 35.5. The van der Waals surface area contributed by atoms with Crippen LogP contribution >= 0.6 is 11.6 Å². The topological polar surface area (TPSA) is 25.8 Å². The number of alkyl halides is 3. The molecule has 15 heavy (non-hydrogen) atoms. The molecular formula is C9H4ClF3N2. The number of halogens is 4. The number of hydrogen-bond acceptors (Lipinski definition) is 2. The van der Waals surface area contributed by atoms with Crippen molar-refractivity contribution >= 4 is 22.5 Å². The van der Waals surface area contributed by atoms with Crippen molar-refractivity contribution in [1.29, 1.82) is 0 Å². The molecule has 0 atom stereocenters. The monoisotopic (exact) mass is 232 g/mol. The largest absolute Gasteiger partial charge is 0.451 e. The van der Waals surface area contributed by atoms with Crippen molar-refractivity contribution in [3.8, 4) is 0 Å². The van der Waals surface area contributed by atoms with Crippen molar-refractivity contribution in [1.82, 2.24) is 9.97 Å². The van der Waals surface area contributed by atoms with E-state index < -0.39 is 12.0 Å². The molecule has 2 nitrogen and oxygen atoms in total. The molecule has 0 aliphatic rings. The Hall–Kier alpha value is -1.36.